The maximum Gasteiger partial charge on any atom is 0.224 e. The molecule has 0 aromatic heterocycles. The molecule has 3 aromatic carbocycles. The number of β-lactam (4-membered cyclic amide) rings is 1. The molecule has 0 aliphatic carbocycles. The summed E-state index contributed by atoms with van der Waals surface area (Å²) in [4.78, 5) is 12.1. The topological polar surface area (TPSA) is 29.1 Å². The van der Waals surface area contributed by atoms with E-state index in [2.05, 4.69) is 78.1 Å². The zero-order valence-corrected chi connectivity index (χ0v) is 14.1. The molecule has 0 radical (unpaired) electrons. The number of hydrogen-bond donors (Lipinski definition) is 1. The third-order valence-electron chi connectivity index (χ3n) is 5.25. The van der Waals surface area contributed by atoms with Crippen LogP contribution in [-0.4, -0.2) is 12.5 Å². The molecule has 1 saturated heterocycles. The van der Waals surface area contributed by atoms with E-state index in [0.717, 1.165) is 13.0 Å². The highest BCUT2D eigenvalue weighted by Crippen LogP contribution is 2.44. The van der Waals surface area contributed by atoms with Crippen molar-refractivity contribution in [1.82, 2.24) is 5.32 Å². The van der Waals surface area contributed by atoms with Crippen LogP contribution >= 0.6 is 0 Å². The van der Waals surface area contributed by atoms with Crippen LogP contribution in [0, 0.1) is 5.92 Å². The van der Waals surface area contributed by atoms with E-state index in [1.165, 1.54) is 16.7 Å². The van der Waals surface area contributed by atoms with Crippen molar-refractivity contribution in [2.45, 2.75) is 11.8 Å². The van der Waals surface area contributed by atoms with Crippen LogP contribution in [0.5, 0.6) is 0 Å². The molecule has 0 saturated carbocycles. The summed E-state index contributed by atoms with van der Waals surface area (Å²) in [6.07, 6.45) is 0.775. The third kappa shape index (κ3) is 2.74. The van der Waals surface area contributed by atoms with Gasteiger partial charge in [0.05, 0.1) is 5.92 Å². The van der Waals surface area contributed by atoms with Gasteiger partial charge in [-0.3, -0.25) is 4.79 Å². The van der Waals surface area contributed by atoms with E-state index in [1.54, 1.807) is 0 Å². The van der Waals surface area contributed by atoms with Crippen molar-refractivity contribution >= 4 is 5.91 Å². The Hall–Kier alpha value is -2.87. The minimum atomic E-state index is -0.327. The molecule has 3 aromatic rings. The Bertz CT molecular complexity index is 746. The monoisotopic (exact) mass is 327 g/mol. The maximum absolute atomic E-state index is 12.1. The molecule has 0 unspecified atom stereocenters. The summed E-state index contributed by atoms with van der Waals surface area (Å²) in [5.41, 5.74) is 3.36. The van der Waals surface area contributed by atoms with E-state index < -0.39 is 0 Å². The van der Waals surface area contributed by atoms with Crippen molar-refractivity contribution in [3.05, 3.63) is 108 Å². The molecule has 124 valence electrons. The molecular weight excluding hydrogens is 306 g/mol. The predicted molar refractivity (Wildman–Crippen MR) is 100 cm³/mol. The first-order valence-corrected chi connectivity index (χ1v) is 8.75. The minimum absolute atomic E-state index is 0.0422. The lowest BCUT2D eigenvalue weighted by molar-refractivity contribution is -0.131. The van der Waals surface area contributed by atoms with Gasteiger partial charge in [-0.1, -0.05) is 91.0 Å². The average Bonchev–Trinajstić information content (AvgIpc) is 2.70. The molecule has 1 heterocycles. The maximum atomic E-state index is 12.1. The van der Waals surface area contributed by atoms with Crippen LogP contribution in [-0.2, 0) is 10.2 Å². The van der Waals surface area contributed by atoms with Gasteiger partial charge in [-0.15, -0.1) is 0 Å². The van der Waals surface area contributed by atoms with Crippen molar-refractivity contribution in [3.8, 4) is 0 Å². The normalized spacial score (nSPS) is 16.8. The van der Waals surface area contributed by atoms with Crippen LogP contribution < -0.4 is 5.32 Å². The Morgan fingerprint density at radius 1 is 0.720 bits per heavy atom. The van der Waals surface area contributed by atoms with E-state index in [9.17, 15) is 4.79 Å². The van der Waals surface area contributed by atoms with Crippen molar-refractivity contribution < 1.29 is 4.79 Å². The van der Waals surface area contributed by atoms with Gasteiger partial charge in [0.1, 0.15) is 0 Å². The average molecular weight is 327 g/mol. The van der Waals surface area contributed by atoms with Crippen molar-refractivity contribution in [2.24, 2.45) is 5.92 Å². The fourth-order valence-electron chi connectivity index (χ4n) is 3.89. The molecule has 1 aliphatic heterocycles. The third-order valence-corrected chi connectivity index (χ3v) is 5.25. The van der Waals surface area contributed by atoms with Crippen molar-refractivity contribution in [3.63, 3.8) is 0 Å². The highest BCUT2D eigenvalue weighted by Gasteiger charge is 2.42. The van der Waals surface area contributed by atoms with E-state index in [4.69, 9.17) is 0 Å². The highest BCUT2D eigenvalue weighted by atomic mass is 16.2. The first-order chi connectivity index (χ1) is 12.3. The zero-order chi connectivity index (χ0) is 17.1. The second-order valence-corrected chi connectivity index (χ2v) is 6.65. The van der Waals surface area contributed by atoms with Crippen LogP contribution in [0.4, 0.5) is 0 Å². The summed E-state index contributed by atoms with van der Waals surface area (Å²) in [6, 6.07) is 31.7. The lowest BCUT2D eigenvalue weighted by Gasteiger charge is -2.41. The second-order valence-electron chi connectivity index (χ2n) is 6.65. The minimum Gasteiger partial charge on any atom is -0.355 e. The molecule has 1 N–H and O–H groups in total. The van der Waals surface area contributed by atoms with Gasteiger partial charge in [0, 0.05) is 12.0 Å². The summed E-state index contributed by atoms with van der Waals surface area (Å²) < 4.78 is 0. The standard InChI is InChI=1S/C23H21NO/c25-22-18(17-24-22)16-23(19-10-4-1-5-11-19,20-12-6-2-7-13-20)21-14-8-3-9-15-21/h1-15,18H,16-17H2,(H,24,25)/t18-/m1/s1. The Balaban J connectivity index is 1.95. The lowest BCUT2D eigenvalue weighted by atomic mass is 9.64. The van der Waals surface area contributed by atoms with E-state index in [-0.39, 0.29) is 17.2 Å². The van der Waals surface area contributed by atoms with Gasteiger partial charge in [-0.25, -0.2) is 0 Å². The van der Waals surface area contributed by atoms with Crippen LogP contribution in [0.15, 0.2) is 91.0 Å². The van der Waals surface area contributed by atoms with Gasteiger partial charge in [0.25, 0.3) is 0 Å². The molecule has 2 heteroatoms. The second kappa shape index (κ2) is 6.56. The van der Waals surface area contributed by atoms with Gasteiger partial charge in [0.2, 0.25) is 5.91 Å². The Morgan fingerprint density at radius 3 is 1.40 bits per heavy atom. The summed E-state index contributed by atoms with van der Waals surface area (Å²) in [7, 11) is 0. The Kier molecular flexibility index (Phi) is 4.10. The quantitative estimate of drug-likeness (QED) is 0.553. The van der Waals surface area contributed by atoms with Crippen LogP contribution in [0.2, 0.25) is 0 Å². The largest absolute Gasteiger partial charge is 0.355 e. The Morgan fingerprint density at radius 2 is 1.12 bits per heavy atom. The molecule has 1 fully saturated rings. The van der Waals surface area contributed by atoms with Gasteiger partial charge in [0.15, 0.2) is 0 Å². The van der Waals surface area contributed by atoms with E-state index in [1.807, 2.05) is 18.2 Å². The molecular formula is C23H21NO. The Labute approximate surface area is 148 Å². The van der Waals surface area contributed by atoms with Gasteiger partial charge >= 0.3 is 0 Å². The number of rotatable bonds is 5. The zero-order valence-electron chi connectivity index (χ0n) is 14.1. The molecule has 1 aliphatic rings. The molecule has 1 atom stereocenters. The van der Waals surface area contributed by atoms with Crippen molar-refractivity contribution in [1.29, 1.82) is 0 Å². The number of hydrogen-bond acceptors (Lipinski definition) is 1. The highest BCUT2D eigenvalue weighted by molar-refractivity contribution is 5.84. The summed E-state index contributed by atoms with van der Waals surface area (Å²) in [5.74, 6) is 0.202. The van der Waals surface area contributed by atoms with Gasteiger partial charge < -0.3 is 5.32 Å². The van der Waals surface area contributed by atoms with Crippen molar-refractivity contribution in [2.75, 3.05) is 6.54 Å². The smallest absolute Gasteiger partial charge is 0.224 e. The molecule has 25 heavy (non-hydrogen) atoms. The molecule has 0 spiro atoms. The number of carbonyl (C=O) groups excluding carboxylic acids is 1. The first kappa shape index (κ1) is 15.6. The SMILES string of the molecule is O=C1NC[C@H]1CC(c1ccccc1)(c1ccccc1)c1ccccc1. The van der Waals surface area contributed by atoms with Crippen LogP contribution in [0.1, 0.15) is 23.1 Å². The molecule has 1 amide bonds. The fraction of sp³-hybridized carbons (Fsp3) is 0.174. The van der Waals surface area contributed by atoms with E-state index in [0.29, 0.717) is 0 Å². The summed E-state index contributed by atoms with van der Waals surface area (Å²) >= 11 is 0. The molecule has 4 rings (SSSR count). The number of amides is 1. The fourth-order valence-corrected chi connectivity index (χ4v) is 3.89. The number of benzene rings is 3. The molecule has 0 bridgehead atoms. The van der Waals surface area contributed by atoms with Crippen LogP contribution in [0.25, 0.3) is 0 Å². The number of nitrogens with one attached hydrogen (secondary N) is 1. The van der Waals surface area contributed by atoms with Crippen LogP contribution in [0.3, 0.4) is 0 Å². The predicted octanol–water partition coefficient (Wildman–Crippen LogP) is 4.16. The number of carbonyl (C=O) groups is 1. The lowest BCUT2D eigenvalue weighted by Crippen LogP contribution is -2.51. The summed E-state index contributed by atoms with van der Waals surface area (Å²) in [6.45, 7) is 0.757. The van der Waals surface area contributed by atoms with Gasteiger partial charge in [-0.2, -0.15) is 0 Å². The molecule has 2 nitrogen and oxygen atoms in total. The summed E-state index contributed by atoms with van der Waals surface area (Å²) in [5, 5.41) is 2.90. The first-order valence-electron chi connectivity index (χ1n) is 8.75. The van der Waals surface area contributed by atoms with E-state index >= 15 is 0 Å². The van der Waals surface area contributed by atoms with Gasteiger partial charge in [-0.05, 0) is 23.1 Å².